The third kappa shape index (κ3) is 441. The molecule has 0 aromatic rings. The van der Waals surface area contributed by atoms with Crippen LogP contribution in [0, 0.1) is 5.92 Å². The first kappa shape index (κ1) is 36.0. The minimum atomic E-state index is 0.847. The van der Waals surface area contributed by atoms with E-state index in [4.69, 9.17) is 0 Å². The van der Waals surface area contributed by atoms with Gasteiger partial charge in [-0.2, -0.15) is 0 Å². The van der Waals surface area contributed by atoms with Crippen molar-refractivity contribution in [1.82, 2.24) is 0 Å². The number of hydrogen-bond donors (Lipinski definition) is 0. The molecule has 0 rings (SSSR count). The highest BCUT2D eigenvalue weighted by Gasteiger charge is 1.80. The molecule has 0 nitrogen and oxygen atoms in total. The lowest BCUT2D eigenvalue weighted by Gasteiger charge is -1.90. The van der Waals surface area contributed by atoms with Crippen LogP contribution in [0.25, 0.3) is 0 Å². The molecule has 108 valence electrons. The molecule has 0 aliphatic heterocycles. The summed E-state index contributed by atoms with van der Waals surface area (Å²) in [6, 6.07) is 0. The van der Waals surface area contributed by atoms with Crippen molar-refractivity contribution in [3.05, 3.63) is 0 Å². The minimum absolute atomic E-state index is 0.847. The summed E-state index contributed by atoms with van der Waals surface area (Å²) in [5, 5.41) is 0. The molecular formula is C15H43P. The van der Waals surface area contributed by atoms with Gasteiger partial charge < -0.3 is 0 Å². The molecule has 0 bridgehead atoms. The highest BCUT2D eigenvalue weighted by atomic mass is 31.0. The Balaban J connectivity index is -0.0000000201. The van der Waals surface area contributed by atoms with Gasteiger partial charge in [0.15, 0.2) is 0 Å². The molecule has 1 unspecified atom stereocenters. The maximum atomic E-state index is 2.69. The molecule has 0 radical (unpaired) electrons. The van der Waals surface area contributed by atoms with Crippen LogP contribution in [0.2, 0.25) is 0 Å². The molecule has 1 atom stereocenters. The average molecular weight is 254 g/mol. The first-order valence-electron chi connectivity index (χ1n) is 7.39. The first-order chi connectivity index (χ1) is 7.68. The van der Waals surface area contributed by atoms with Gasteiger partial charge in [-0.05, 0) is 12.1 Å². The minimum Gasteiger partial charge on any atom is -0.137 e. The van der Waals surface area contributed by atoms with E-state index < -0.39 is 0 Å². The fraction of sp³-hybridized carbons (Fsp3) is 1.00. The van der Waals surface area contributed by atoms with Gasteiger partial charge in [0, 0.05) is 0 Å². The summed E-state index contributed by atoms with van der Waals surface area (Å²) >= 11 is 0. The first-order valence-corrected chi connectivity index (χ1v) is 8.20. The number of rotatable bonds is 1. The van der Waals surface area contributed by atoms with Crippen molar-refractivity contribution < 1.29 is 0 Å². The predicted molar refractivity (Wildman–Crippen MR) is 90.8 cm³/mol. The van der Waals surface area contributed by atoms with Gasteiger partial charge in [-0.1, -0.05) is 89.5 Å². The van der Waals surface area contributed by atoms with Gasteiger partial charge in [0.25, 0.3) is 0 Å². The van der Waals surface area contributed by atoms with Crippen LogP contribution in [0.1, 0.15) is 89.5 Å². The van der Waals surface area contributed by atoms with Crippen LogP contribution in [0.15, 0.2) is 0 Å². The molecule has 0 amide bonds. The quantitative estimate of drug-likeness (QED) is 0.440. The molecule has 0 spiro atoms. The smallest absolute Gasteiger partial charge is 0.0358 e. The van der Waals surface area contributed by atoms with Gasteiger partial charge in [-0.3, -0.25) is 0 Å². The summed E-state index contributed by atoms with van der Waals surface area (Å²) in [6.07, 6.45) is 2.47. The summed E-state index contributed by atoms with van der Waals surface area (Å²) in [4.78, 5) is 0. The highest BCUT2D eigenvalue weighted by molar-refractivity contribution is 7.16. The third-order valence-corrected chi connectivity index (χ3v) is 1.41. The molecule has 0 aromatic carbocycles. The zero-order chi connectivity index (χ0) is 15.0. The van der Waals surface area contributed by atoms with Crippen molar-refractivity contribution in [2.24, 2.45) is 5.92 Å². The summed E-state index contributed by atoms with van der Waals surface area (Å²) in [6.45, 7) is 24.7. The Labute approximate surface area is 111 Å². The lowest BCUT2D eigenvalue weighted by molar-refractivity contribution is 0.750. The zero-order valence-electron chi connectivity index (χ0n) is 14.6. The van der Waals surface area contributed by atoms with Gasteiger partial charge >= 0.3 is 0 Å². The molecule has 0 aliphatic rings. The van der Waals surface area contributed by atoms with Gasteiger partial charge in [0.2, 0.25) is 0 Å². The Morgan fingerprint density at radius 1 is 0.688 bits per heavy atom. The van der Waals surface area contributed by atoms with Crippen LogP contribution in [0.3, 0.4) is 0 Å². The monoisotopic (exact) mass is 254 g/mol. The number of hydrogen-bond acceptors (Lipinski definition) is 0. The topological polar surface area (TPSA) is 0 Å². The zero-order valence-corrected chi connectivity index (χ0v) is 15.7. The molecule has 0 saturated heterocycles. The van der Waals surface area contributed by atoms with E-state index in [0.717, 1.165) is 5.92 Å². The van der Waals surface area contributed by atoms with Crippen molar-refractivity contribution >= 4 is 9.24 Å². The van der Waals surface area contributed by atoms with E-state index >= 15 is 0 Å². The van der Waals surface area contributed by atoms with E-state index in [1.165, 1.54) is 12.6 Å². The fourth-order valence-electron chi connectivity index (χ4n) is 0. The Kier molecular flexibility index (Phi) is 245. The van der Waals surface area contributed by atoms with Gasteiger partial charge in [-0.15, -0.1) is 9.24 Å². The second-order valence-corrected chi connectivity index (χ2v) is 2.81. The SMILES string of the molecule is CC.CC.CC.CC.CC(C)CP.CCC. The maximum Gasteiger partial charge on any atom is -0.0358 e. The van der Waals surface area contributed by atoms with E-state index in [1.807, 2.05) is 55.4 Å². The average Bonchev–Trinajstić information content (AvgIpc) is 2.40. The van der Waals surface area contributed by atoms with Crippen LogP contribution in [0.4, 0.5) is 0 Å². The molecule has 1 heteroatoms. The molecule has 16 heavy (non-hydrogen) atoms. The van der Waals surface area contributed by atoms with Gasteiger partial charge in [0.1, 0.15) is 0 Å². The molecular weight excluding hydrogens is 211 g/mol. The lowest BCUT2D eigenvalue weighted by Crippen LogP contribution is -1.82. The summed E-state index contributed by atoms with van der Waals surface area (Å²) in [7, 11) is 2.69. The van der Waals surface area contributed by atoms with E-state index in [0.29, 0.717) is 0 Å². The van der Waals surface area contributed by atoms with Crippen LogP contribution in [0.5, 0.6) is 0 Å². The third-order valence-electron chi connectivity index (χ3n) is 0.471. The Morgan fingerprint density at radius 2 is 0.750 bits per heavy atom. The van der Waals surface area contributed by atoms with Crippen molar-refractivity contribution in [2.45, 2.75) is 89.5 Å². The van der Waals surface area contributed by atoms with E-state index in [-0.39, 0.29) is 0 Å². The van der Waals surface area contributed by atoms with Crippen LogP contribution >= 0.6 is 9.24 Å². The van der Waals surface area contributed by atoms with E-state index in [1.54, 1.807) is 0 Å². The van der Waals surface area contributed by atoms with Gasteiger partial charge in [-0.25, -0.2) is 0 Å². The Bertz CT molecular complexity index is 26.6. The summed E-state index contributed by atoms with van der Waals surface area (Å²) < 4.78 is 0. The Morgan fingerprint density at radius 3 is 0.750 bits per heavy atom. The second-order valence-electron chi connectivity index (χ2n) is 2.34. The summed E-state index contributed by atoms with van der Waals surface area (Å²) in [5.41, 5.74) is 0. The van der Waals surface area contributed by atoms with Crippen molar-refractivity contribution in [1.29, 1.82) is 0 Å². The normalized spacial score (nSPS) is 5.62. The predicted octanol–water partition coefficient (Wildman–Crippen LogP) is 7.04. The van der Waals surface area contributed by atoms with Crippen molar-refractivity contribution in [3.8, 4) is 0 Å². The molecule has 0 fully saturated rings. The molecule has 0 aliphatic carbocycles. The molecule has 0 N–H and O–H groups in total. The molecule has 0 heterocycles. The largest absolute Gasteiger partial charge is 0.137 e. The van der Waals surface area contributed by atoms with E-state index in [2.05, 4.69) is 36.9 Å². The highest BCUT2D eigenvalue weighted by Crippen LogP contribution is 1.94. The maximum absolute atomic E-state index is 2.69. The summed E-state index contributed by atoms with van der Waals surface area (Å²) in [5.74, 6) is 0.847. The van der Waals surface area contributed by atoms with Crippen LogP contribution < -0.4 is 0 Å². The van der Waals surface area contributed by atoms with Crippen molar-refractivity contribution in [2.75, 3.05) is 6.16 Å². The van der Waals surface area contributed by atoms with Crippen molar-refractivity contribution in [3.63, 3.8) is 0 Å². The van der Waals surface area contributed by atoms with Gasteiger partial charge in [0.05, 0.1) is 0 Å². The second kappa shape index (κ2) is 109. The standard InChI is InChI=1S/C4H11P.C3H8.4C2H6/c1-4(2)3-5;1-3-2;4*1-2/h4H,3,5H2,1-2H3;3H2,1-2H3;4*1-2H3. The Hall–Kier alpha value is 0.430. The fourth-order valence-corrected chi connectivity index (χ4v) is 0. The molecule has 0 aromatic heterocycles. The lowest BCUT2D eigenvalue weighted by atomic mass is 10.3. The van der Waals surface area contributed by atoms with E-state index in [9.17, 15) is 0 Å². The van der Waals surface area contributed by atoms with Crippen LogP contribution in [-0.4, -0.2) is 6.16 Å². The van der Waals surface area contributed by atoms with Crippen LogP contribution in [-0.2, 0) is 0 Å². The molecule has 0 saturated carbocycles.